The van der Waals surface area contributed by atoms with E-state index in [9.17, 15) is 5.26 Å². The van der Waals surface area contributed by atoms with E-state index < -0.39 is 0 Å². The van der Waals surface area contributed by atoms with E-state index in [1.54, 1.807) is 28.8 Å². The van der Waals surface area contributed by atoms with Crippen molar-refractivity contribution in [3.8, 4) is 11.8 Å². The number of halogens is 3. The van der Waals surface area contributed by atoms with Crippen molar-refractivity contribution in [2.45, 2.75) is 5.88 Å². The number of rotatable bonds is 2. The maximum atomic E-state index is 9.32. The summed E-state index contributed by atoms with van der Waals surface area (Å²) < 4.78 is 1.79. The van der Waals surface area contributed by atoms with E-state index in [4.69, 9.17) is 34.8 Å². The van der Waals surface area contributed by atoms with Crippen molar-refractivity contribution in [3.63, 3.8) is 0 Å². The average molecular weight is 337 g/mol. The van der Waals surface area contributed by atoms with Crippen LogP contribution < -0.4 is 0 Å². The SMILES string of the molecule is N#Cc1ccc(Cl)cc1-n1c(CCl)nc2cccc(Cl)c21. The predicted molar refractivity (Wildman–Crippen MR) is 85.4 cm³/mol. The molecule has 0 saturated carbocycles. The van der Waals surface area contributed by atoms with E-state index in [0.717, 1.165) is 5.52 Å². The molecule has 3 aromatic rings. The Kier molecular flexibility index (Phi) is 3.77. The van der Waals surface area contributed by atoms with Gasteiger partial charge in [-0.2, -0.15) is 5.26 Å². The van der Waals surface area contributed by atoms with Gasteiger partial charge in [0.15, 0.2) is 0 Å². The molecule has 0 amide bonds. The average Bonchev–Trinajstić information content (AvgIpc) is 2.87. The van der Waals surface area contributed by atoms with Crippen molar-refractivity contribution in [1.29, 1.82) is 5.26 Å². The molecule has 21 heavy (non-hydrogen) atoms. The number of fused-ring (bicyclic) bond motifs is 1. The first kappa shape index (κ1) is 14.2. The van der Waals surface area contributed by atoms with Crippen LogP contribution in [0.15, 0.2) is 36.4 Å². The Morgan fingerprint density at radius 2 is 2.00 bits per heavy atom. The number of hydrogen-bond acceptors (Lipinski definition) is 2. The molecule has 0 bridgehead atoms. The van der Waals surface area contributed by atoms with Gasteiger partial charge < -0.3 is 0 Å². The van der Waals surface area contributed by atoms with Gasteiger partial charge >= 0.3 is 0 Å². The Hall–Kier alpha value is -1.73. The molecule has 0 aliphatic carbocycles. The highest BCUT2D eigenvalue weighted by molar-refractivity contribution is 6.35. The van der Waals surface area contributed by atoms with E-state index in [-0.39, 0.29) is 5.88 Å². The largest absolute Gasteiger partial charge is 0.292 e. The van der Waals surface area contributed by atoms with Gasteiger partial charge in [-0.1, -0.05) is 29.3 Å². The van der Waals surface area contributed by atoms with E-state index in [1.807, 2.05) is 12.1 Å². The summed E-state index contributed by atoms with van der Waals surface area (Å²) >= 11 is 18.4. The summed E-state index contributed by atoms with van der Waals surface area (Å²) in [4.78, 5) is 4.47. The smallest absolute Gasteiger partial charge is 0.129 e. The van der Waals surface area contributed by atoms with Gasteiger partial charge in [0.25, 0.3) is 0 Å². The number of aromatic nitrogens is 2. The zero-order chi connectivity index (χ0) is 15.0. The maximum Gasteiger partial charge on any atom is 0.129 e. The quantitative estimate of drug-likeness (QED) is 0.622. The first-order valence-electron chi connectivity index (χ1n) is 6.07. The minimum atomic E-state index is 0.197. The van der Waals surface area contributed by atoms with Crippen molar-refractivity contribution in [2.75, 3.05) is 0 Å². The lowest BCUT2D eigenvalue weighted by Crippen LogP contribution is -2.02. The first-order valence-corrected chi connectivity index (χ1v) is 7.36. The topological polar surface area (TPSA) is 41.6 Å². The molecular weight excluding hydrogens is 329 g/mol. The number of alkyl halides is 1. The summed E-state index contributed by atoms with van der Waals surface area (Å²) in [6.07, 6.45) is 0. The standard InChI is InChI=1S/C15H8Cl3N3/c16-7-14-20-12-3-1-2-11(18)15(12)21(14)13-6-10(17)5-4-9(13)8-19/h1-6H,7H2. The molecule has 0 aliphatic rings. The Bertz CT molecular complexity index is 878. The number of benzene rings is 2. The van der Waals surface area contributed by atoms with E-state index in [1.165, 1.54) is 0 Å². The van der Waals surface area contributed by atoms with Crippen molar-refractivity contribution in [2.24, 2.45) is 0 Å². The van der Waals surface area contributed by atoms with Crippen LogP contribution in [0, 0.1) is 11.3 Å². The van der Waals surface area contributed by atoms with Crippen LogP contribution in [0.1, 0.15) is 11.4 Å². The molecule has 0 radical (unpaired) electrons. The monoisotopic (exact) mass is 335 g/mol. The van der Waals surface area contributed by atoms with Crippen LogP contribution >= 0.6 is 34.8 Å². The highest BCUT2D eigenvalue weighted by Crippen LogP contribution is 2.31. The summed E-state index contributed by atoms with van der Waals surface area (Å²) in [5.41, 5.74) is 2.54. The lowest BCUT2D eigenvalue weighted by atomic mass is 10.2. The minimum Gasteiger partial charge on any atom is -0.292 e. The second-order valence-corrected chi connectivity index (χ2v) is 5.49. The molecule has 0 unspecified atom stereocenters. The van der Waals surface area contributed by atoms with Crippen molar-refractivity contribution < 1.29 is 0 Å². The van der Waals surface area contributed by atoms with E-state index in [0.29, 0.717) is 32.6 Å². The number of nitriles is 1. The summed E-state index contributed by atoms with van der Waals surface area (Å²) in [5.74, 6) is 0.807. The van der Waals surface area contributed by atoms with E-state index in [2.05, 4.69) is 11.1 Å². The van der Waals surface area contributed by atoms with Gasteiger partial charge in [-0.3, -0.25) is 4.57 Å². The molecule has 1 aromatic heterocycles. The molecule has 104 valence electrons. The molecule has 0 atom stereocenters. The third-order valence-corrected chi connectivity index (χ3v) is 3.92. The Labute approximate surface area is 136 Å². The number of imidazole rings is 1. The van der Waals surface area contributed by atoms with Gasteiger partial charge in [0.1, 0.15) is 11.9 Å². The van der Waals surface area contributed by atoms with Gasteiger partial charge in [-0.15, -0.1) is 11.6 Å². The van der Waals surface area contributed by atoms with Crippen LogP contribution in [0.2, 0.25) is 10.0 Å². The summed E-state index contributed by atoms with van der Waals surface area (Å²) in [6.45, 7) is 0. The molecule has 6 heteroatoms. The van der Waals surface area contributed by atoms with E-state index >= 15 is 0 Å². The molecule has 0 aliphatic heterocycles. The van der Waals surface area contributed by atoms with Crippen LogP contribution in [0.3, 0.4) is 0 Å². The fourth-order valence-corrected chi connectivity index (χ4v) is 2.87. The van der Waals surface area contributed by atoms with Crippen molar-refractivity contribution >= 4 is 45.8 Å². The second kappa shape index (κ2) is 5.57. The summed E-state index contributed by atoms with van der Waals surface area (Å²) in [5, 5.41) is 10.4. The molecule has 0 saturated heterocycles. The highest BCUT2D eigenvalue weighted by atomic mass is 35.5. The van der Waals surface area contributed by atoms with Crippen molar-refractivity contribution in [3.05, 3.63) is 57.8 Å². The molecule has 3 rings (SSSR count). The van der Waals surface area contributed by atoms with Gasteiger partial charge in [0, 0.05) is 5.02 Å². The number of nitrogens with zero attached hydrogens (tertiary/aromatic N) is 3. The lowest BCUT2D eigenvalue weighted by Gasteiger charge is -2.11. The number of hydrogen-bond donors (Lipinski definition) is 0. The zero-order valence-corrected chi connectivity index (χ0v) is 12.9. The second-order valence-electron chi connectivity index (χ2n) is 4.38. The Balaban J connectivity index is 2.45. The minimum absolute atomic E-state index is 0.197. The molecule has 1 heterocycles. The van der Waals surface area contributed by atoms with Crippen LogP contribution in [0.4, 0.5) is 0 Å². The molecule has 2 aromatic carbocycles. The third-order valence-electron chi connectivity index (χ3n) is 3.14. The summed E-state index contributed by atoms with van der Waals surface area (Å²) in [7, 11) is 0. The van der Waals surface area contributed by atoms with Gasteiger partial charge in [-0.05, 0) is 30.3 Å². The molecule has 0 spiro atoms. The zero-order valence-electron chi connectivity index (χ0n) is 10.6. The maximum absolute atomic E-state index is 9.32. The van der Waals surface area contributed by atoms with Crippen LogP contribution in [-0.2, 0) is 5.88 Å². The fourth-order valence-electron chi connectivity index (χ4n) is 2.27. The Morgan fingerprint density at radius 1 is 1.19 bits per heavy atom. The number of para-hydroxylation sites is 1. The van der Waals surface area contributed by atoms with Crippen LogP contribution in [0.5, 0.6) is 0 Å². The van der Waals surface area contributed by atoms with Gasteiger partial charge in [0.2, 0.25) is 0 Å². The highest BCUT2D eigenvalue weighted by Gasteiger charge is 2.17. The first-order chi connectivity index (χ1) is 10.2. The summed E-state index contributed by atoms with van der Waals surface area (Å²) in [6, 6.07) is 12.6. The van der Waals surface area contributed by atoms with Crippen molar-refractivity contribution in [1.82, 2.24) is 9.55 Å². The molecule has 0 fully saturated rings. The lowest BCUT2D eigenvalue weighted by molar-refractivity contribution is 0.978. The van der Waals surface area contributed by atoms with Gasteiger partial charge in [0.05, 0.1) is 33.2 Å². The van der Waals surface area contributed by atoms with Crippen LogP contribution in [0.25, 0.3) is 16.7 Å². The van der Waals surface area contributed by atoms with Crippen LogP contribution in [-0.4, -0.2) is 9.55 Å². The molecule has 0 N–H and O–H groups in total. The van der Waals surface area contributed by atoms with Gasteiger partial charge in [-0.25, -0.2) is 4.98 Å². The third kappa shape index (κ3) is 2.36. The predicted octanol–water partition coefficient (Wildman–Crippen LogP) is 4.94. The normalized spacial score (nSPS) is 10.8. The Morgan fingerprint density at radius 3 is 2.71 bits per heavy atom. The molecule has 3 nitrogen and oxygen atoms in total. The fraction of sp³-hybridized carbons (Fsp3) is 0.0667. The molecular formula is C15H8Cl3N3.